The van der Waals surface area contributed by atoms with Gasteiger partial charge in [0.15, 0.2) is 5.69 Å². The van der Waals surface area contributed by atoms with Crippen molar-refractivity contribution in [3.8, 4) is 0 Å². The van der Waals surface area contributed by atoms with Crippen LogP contribution in [0.5, 0.6) is 0 Å². The molecule has 6 nitrogen and oxygen atoms in total. The van der Waals surface area contributed by atoms with E-state index in [1.54, 1.807) is 11.1 Å². The first-order valence-electron chi connectivity index (χ1n) is 8.68. The quantitative estimate of drug-likeness (QED) is 0.889. The number of aromatic nitrogens is 3. The Kier molecular flexibility index (Phi) is 5.71. The second kappa shape index (κ2) is 7.97. The summed E-state index contributed by atoms with van der Waals surface area (Å²) in [5.41, 5.74) is 1.55. The number of rotatable bonds is 5. The number of nitrogens with zero attached hydrogens (tertiary/aromatic N) is 4. The number of nitrogens with one attached hydrogen (secondary N) is 1. The van der Waals surface area contributed by atoms with E-state index >= 15 is 0 Å². The third kappa shape index (κ3) is 4.38. The Morgan fingerprint density at radius 3 is 2.72 bits per heavy atom. The summed E-state index contributed by atoms with van der Waals surface area (Å²) in [5.74, 6) is -0.0957. The molecule has 1 aliphatic rings. The van der Waals surface area contributed by atoms with E-state index in [0.29, 0.717) is 11.7 Å². The summed E-state index contributed by atoms with van der Waals surface area (Å²) in [4.78, 5) is 14.4. The standard InChI is InChI=1S/C18H24ClN5O/c1-13(11-14-3-5-15(19)6-4-14)23(2)18(25)17-12-24(22-21-17)16-7-9-20-10-8-16/h3-6,12-13,16,20H,7-11H2,1-2H3. The topological polar surface area (TPSA) is 63.1 Å². The van der Waals surface area contributed by atoms with Gasteiger partial charge in [-0.3, -0.25) is 4.79 Å². The maximum Gasteiger partial charge on any atom is 0.276 e. The maximum absolute atomic E-state index is 12.7. The van der Waals surface area contributed by atoms with Gasteiger partial charge in [0.25, 0.3) is 5.91 Å². The van der Waals surface area contributed by atoms with Crippen LogP contribution >= 0.6 is 11.6 Å². The van der Waals surface area contributed by atoms with Crippen LogP contribution in [0.2, 0.25) is 5.02 Å². The van der Waals surface area contributed by atoms with E-state index in [1.165, 1.54) is 0 Å². The number of benzene rings is 1. The molecule has 0 aliphatic carbocycles. The minimum Gasteiger partial charge on any atom is -0.337 e. The molecule has 1 saturated heterocycles. The Labute approximate surface area is 153 Å². The van der Waals surface area contributed by atoms with Gasteiger partial charge in [-0.05, 0) is 57.0 Å². The van der Waals surface area contributed by atoms with Crippen LogP contribution in [0.3, 0.4) is 0 Å². The predicted octanol–water partition coefficient (Wildman–Crippen LogP) is 2.56. The lowest BCUT2D eigenvalue weighted by molar-refractivity contribution is 0.0737. The van der Waals surface area contributed by atoms with Gasteiger partial charge in [-0.2, -0.15) is 0 Å². The van der Waals surface area contributed by atoms with Crippen molar-refractivity contribution in [2.45, 2.75) is 38.3 Å². The molecule has 3 rings (SSSR count). The van der Waals surface area contributed by atoms with Gasteiger partial charge in [0, 0.05) is 18.1 Å². The molecule has 0 bridgehead atoms. The van der Waals surface area contributed by atoms with Crippen molar-refractivity contribution < 1.29 is 4.79 Å². The SMILES string of the molecule is CC(Cc1ccc(Cl)cc1)N(C)C(=O)c1cn(C2CCNCC2)nn1. The number of hydrogen-bond acceptors (Lipinski definition) is 4. The molecule has 1 unspecified atom stereocenters. The molecule has 1 amide bonds. The molecular weight excluding hydrogens is 338 g/mol. The fourth-order valence-corrected chi connectivity index (χ4v) is 3.23. The summed E-state index contributed by atoms with van der Waals surface area (Å²) in [7, 11) is 1.81. The molecule has 0 saturated carbocycles. The van der Waals surface area contributed by atoms with Crippen LogP contribution in [-0.2, 0) is 6.42 Å². The van der Waals surface area contributed by atoms with E-state index in [-0.39, 0.29) is 11.9 Å². The van der Waals surface area contributed by atoms with Crippen LogP contribution in [0.15, 0.2) is 30.5 Å². The lowest BCUT2D eigenvalue weighted by atomic mass is 10.1. The molecule has 1 N–H and O–H groups in total. The molecule has 1 aromatic carbocycles. The van der Waals surface area contributed by atoms with E-state index in [9.17, 15) is 4.79 Å². The first kappa shape index (κ1) is 17.9. The zero-order valence-corrected chi connectivity index (χ0v) is 15.4. The summed E-state index contributed by atoms with van der Waals surface area (Å²) in [6.07, 6.45) is 4.57. The third-order valence-electron chi connectivity index (χ3n) is 4.84. The number of piperidine rings is 1. The smallest absolute Gasteiger partial charge is 0.276 e. The molecule has 0 spiro atoms. The van der Waals surface area contributed by atoms with Gasteiger partial charge in [0.2, 0.25) is 0 Å². The van der Waals surface area contributed by atoms with E-state index in [4.69, 9.17) is 11.6 Å². The summed E-state index contributed by atoms with van der Waals surface area (Å²) in [6, 6.07) is 8.10. The van der Waals surface area contributed by atoms with Crippen LogP contribution in [-0.4, -0.2) is 52.0 Å². The van der Waals surface area contributed by atoms with Gasteiger partial charge < -0.3 is 10.2 Å². The predicted molar refractivity (Wildman–Crippen MR) is 97.9 cm³/mol. The fourth-order valence-electron chi connectivity index (χ4n) is 3.10. The highest BCUT2D eigenvalue weighted by atomic mass is 35.5. The monoisotopic (exact) mass is 361 g/mol. The molecule has 1 fully saturated rings. The van der Waals surface area contributed by atoms with Crippen molar-refractivity contribution in [1.82, 2.24) is 25.2 Å². The lowest BCUT2D eigenvalue weighted by Gasteiger charge is -2.24. The maximum atomic E-state index is 12.7. The zero-order valence-electron chi connectivity index (χ0n) is 14.7. The molecular formula is C18H24ClN5O. The third-order valence-corrected chi connectivity index (χ3v) is 5.09. The van der Waals surface area contributed by atoms with Crippen molar-refractivity contribution in [3.05, 3.63) is 46.7 Å². The fraction of sp³-hybridized carbons (Fsp3) is 0.500. The van der Waals surface area contributed by atoms with Gasteiger partial charge in [-0.1, -0.05) is 28.9 Å². The summed E-state index contributed by atoms with van der Waals surface area (Å²) >= 11 is 5.92. The van der Waals surface area contributed by atoms with Gasteiger partial charge in [-0.15, -0.1) is 5.10 Å². The van der Waals surface area contributed by atoms with Gasteiger partial charge in [0.1, 0.15) is 0 Å². The first-order valence-corrected chi connectivity index (χ1v) is 9.06. The highest BCUT2D eigenvalue weighted by Crippen LogP contribution is 2.18. The molecule has 134 valence electrons. The van der Waals surface area contributed by atoms with Crippen molar-refractivity contribution >= 4 is 17.5 Å². The van der Waals surface area contributed by atoms with E-state index < -0.39 is 0 Å². The summed E-state index contributed by atoms with van der Waals surface area (Å²) in [5, 5.41) is 12.3. The van der Waals surface area contributed by atoms with Crippen LogP contribution in [0.25, 0.3) is 0 Å². The number of amides is 1. The van der Waals surface area contributed by atoms with Gasteiger partial charge in [-0.25, -0.2) is 4.68 Å². The van der Waals surface area contributed by atoms with Crippen LogP contribution in [0.1, 0.15) is 41.9 Å². The Balaban J connectivity index is 1.63. The van der Waals surface area contributed by atoms with Gasteiger partial charge in [0.05, 0.1) is 12.2 Å². The Bertz CT molecular complexity index is 709. The molecule has 0 radical (unpaired) electrons. The number of carbonyl (C=O) groups excluding carboxylic acids is 1. The van der Waals surface area contributed by atoms with Crippen molar-refractivity contribution in [1.29, 1.82) is 0 Å². The van der Waals surface area contributed by atoms with Crippen LogP contribution in [0.4, 0.5) is 0 Å². The van der Waals surface area contributed by atoms with Gasteiger partial charge >= 0.3 is 0 Å². The molecule has 2 heterocycles. The van der Waals surface area contributed by atoms with Crippen LogP contribution < -0.4 is 5.32 Å². The average Bonchev–Trinajstić information content (AvgIpc) is 3.13. The average molecular weight is 362 g/mol. The first-order chi connectivity index (χ1) is 12.0. The minimum absolute atomic E-state index is 0.0534. The second-order valence-corrected chi connectivity index (χ2v) is 7.10. The molecule has 25 heavy (non-hydrogen) atoms. The van der Waals surface area contributed by atoms with Crippen LogP contribution in [0, 0.1) is 0 Å². The number of carbonyl (C=O) groups is 1. The highest BCUT2D eigenvalue weighted by Gasteiger charge is 2.23. The summed E-state index contributed by atoms with van der Waals surface area (Å²) in [6.45, 7) is 3.99. The largest absolute Gasteiger partial charge is 0.337 e. The Morgan fingerprint density at radius 2 is 2.04 bits per heavy atom. The van der Waals surface area contributed by atoms with E-state index in [1.807, 2.05) is 42.9 Å². The lowest BCUT2D eigenvalue weighted by Crippen LogP contribution is -2.36. The molecule has 1 aromatic heterocycles. The second-order valence-electron chi connectivity index (χ2n) is 6.66. The Hall–Kier alpha value is -1.92. The Morgan fingerprint density at radius 1 is 1.36 bits per heavy atom. The number of hydrogen-bond donors (Lipinski definition) is 1. The molecule has 1 atom stereocenters. The highest BCUT2D eigenvalue weighted by molar-refractivity contribution is 6.30. The number of halogens is 1. The van der Waals surface area contributed by atoms with E-state index in [2.05, 4.69) is 15.6 Å². The number of likely N-dealkylation sites (N-methyl/N-ethyl adjacent to an activating group) is 1. The van der Waals surface area contributed by atoms with Crippen molar-refractivity contribution in [3.63, 3.8) is 0 Å². The minimum atomic E-state index is -0.0957. The normalized spacial score (nSPS) is 16.6. The zero-order chi connectivity index (χ0) is 17.8. The van der Waals surface area contributed by atoms with Crippen molar-refractivity contribution in [2.75, 3.05) is 20.1 Å². The van der Waals surface area contributed by atoms with Crippen molar-refractivity contribution in [2.24, 2.45) is 0 Å². The molecule has 7 heteroatoms. The summed E-state index contributed by atoms with van der Waals surface area (Å²) < 4.78 is 1.84. The molecule has 1 aliphatic heterocycles. The molecule has 2 aromatic rings. The van der Waals surface area contributed by atoms with E-state index in [0.717, 1.165) is 42.9 Å².